The first-order valence-corrected chi connectivity index (χ1v) is 4.66. The van der Waals surface area contributed by atoms with Gasteiger partial charge in [0.1, 0.15) is 0 Å². The molecule has 0 amide bonds. The Bertz CT molecular complexity index is 448. The number of nitrogens with zero attached hydrogens (tertiary/aromatic N) is 2. The van der Waals surface area contributed by atoms with E-state index in [1.165, 1.54) is 0 Å². The van der Waals surface area contributed by atoms with Gasteiger partial charge in [-0.1, -0.05) is 13.8 Å². The lowest BCUT2D eigenvalue weighted by Gasteiger charge is -1.96. The molecular weight excluding hydrogens is 178 g/mol. The minimum absolute atomic E-state index is 0.518. The SMILES string of the molecule is CC(C)Cc1nc2c(N)ccnc2o1. The zero-order valence-corrected chi connectivity index (χ0v) is 8.32. The van der Waals surface area contributed by atoms with Gasteiger partial charge in [-0.25, -0.2) is 9.97 Å². The molecule has 2 rings (SSSR count). The summed E-state index contributed by atoms with van der Waals surface area (Å²) in [6, 6.07) is 1.73. The standard InChI is InChI=1S/C10H13N3O/c1-6(2)5-8-13-9-7(11)3-4-12-10(9)14-8/h3-4,6H,5H2,1-2H3,(H2,11,12). The molecule has 4 heteroatoms. The summed E-state index contributed by atoms with van der Waals surface area (Å²) in [7, 11) is 0. The van der Waals surface area contributed by atoms with Crippen LogP contribution in [0.4, 0.5) is 5.69 Å². The maximum Gasteiger partial charge on any atom is 0.249 e. The molecule has 0 saturated carbocycles. The first-order chi connectivity index (χ1) is 6.66. The monoisotopic (exact) mass is 191 g/mol. The molecule has 14 heavy (non-hydrogen) atoms. The highest BCUT2D eigenvalue weighted by atomic mass is 16.4. The molecule has 2 aromatic rings. The molecular formula is C10H13N3O. The van der Waals surface area contributed by atoms with Crippen LogP contribution in [0.25, 0.3) is 11.2 Å². The average molecular weight is 191 g/mol. The first-order valence-electron chi connectivity index (χ1n) is 4.66. The number of hydrogen-bond acceptors (Lipinski definition) is 4. The van der Waals surface area contributed by atoms with E-state index in [2.05, 4.69) is 23.8 Å². The van der Waals surface area contributed by atoms with Gasteiger partial charge in [0.2, 0.25) is 5.71 Å². The molecule has 0 fully saturated rings. The molecule has 0 spiro atoms. The number of rotatable bonds is 2. The average Bonchev–Trinajstić information content (AvgIpc) is 2.47. The van der Waals surface area contributed by atoms with E-state index in [-0.39, 0.29) is 0 Å². The van der Waals surface area contributed by atoms with Crippen molar-refractivity contribution in [3.05, 3.63) is 18.2 Å². The number of anilines is 1. The molecule has 0 aliphatic heterocycles. The zero-order valence-electron chi connectivity index (χ0n) is 8.32. The fourth-order valence-electron chi connectivity index (χ4n) is 1.33. The van der Waals surface area contributed by atoms with Crippen LogP contribution < -0.4 is 5.73 Å². The van der Waals surface area contributed by atoms with Crippen LogP contribution >= 0.6 is 0 Å². The van der Waals surface area contributed by atoms with Gasteiger partial charge >= 0.3 is 0 Å². The maximum atomic E-state index is 5.74. The van der Waals surface area contributed by atoms with Crippen LogP contribution in [-0.2, 0) is 6.42 Å². The highest BCUT2D eigenvalue weighted by Crippen LogP contribution is 2.20. The van der Waals surface area contributed by atoms with Crippen molar-refractivity contribution >= 4 is 16.9 Å². The van der Waals surface area contributed by atoms with Crippen LogP contribution in [0, 0.1) is 5.92 Å². The largest absolute Gasteiger partial charge is 0.422 e. The summed E-state index contributed by atoms with van der Waals surface area (Å²) in [5.41, 5.74) is 7.56. The Morgan fingerprint density at radius 1 is 1.50 bits per heavy atom. The summed E-state index contributed by atoms with van der Waals surface area (Å²) in [5.74, 6) is 1.23. The van der Waals surface area contributed by atoms with Crippen molar-refractivity contribution in [2.45, 2.75) is 20.3 Å². The number of pyridine rings is 1. The van der Waals surface area contributed by atoms with Crippen molar-refractivity contribution in [2.24, 2.45) is 5.92 Å². The van der Waals surface area contributed by atoms with Gasteiger partial charge < -0.3 is 10.2 Å². The van der Waals surface area contributed by atoms with Crippen molar-refractivity contribution in [1.82, 2.24) is 9.97 Å². The normalized spacial score (nSPS) is 11.4. The molecule has 0 aliphatic rings. The first kappa shape index (κ1) is 8.99. The molecule has 0 unspecified atom stereocenters. The molecule has 74 valence electrons. The fourth-order valence-corrected chi connectivity index (χ4v) is 1.33. The lowest BCUT2D eigenvalue weighted by atomic mass is 10.1. The van der Waals surface area contributed by atoms with Gasteiger partial charge in [-0.05, 0) is 12.0 Å². The predicted octanol–water partition coefficient (Wildman–Crippen LogP) is 2.00. The van der Waals surface area contributed by atoms with Gasteiger partial charge in [0, 0.05) is 12.6 Å². The van der Waals surface area contributed by atoms with Crippen LogP contribution in [0.15, 0.2) is 16.7 Å². The van der Waals surface area contributed by atoms with Crippen LogP contribution in [0.5, 0.6) is 0 Å². The summed E-state index contributed by atoms with van der Waals surface area (Å²) < 4.78 is 5.46. The van der Waals surface area contributed by atoms with Crippen LogP contribution in [0.1, 0.15) is 19.7 Å². The van der Waals surface area contributed by atoms with Crippen molar-refractivity contribution in [3.8, 4) is 0 Å². The number of hydrogen-bond donors (Lipinski definition) is 1. The van der Waals surface area contributed by atoms with E-state index in [9.17, 15) is 0 Å². The Morgan fingerprint density at radius 2 is 2.29 bits per heavy atom. The number of aromatic nitrogens is 2. The molecule has 2 N–H and O–H groups in total. The second-order valence-corrected chi connectivity index (χ2v) is 3.76. The van der Waals surface area contributed by atoms with Crippen molar-refractivity contribution in [1.29, 1.82) is 0 Å². The van der Waals surface area contributed by atoms with Crippen LogP contribution in [0.3, 0.4) is 0 Å². The second-order valence-electron chi connectivity index (χ2n) is 3.76. The summed E-state index contributed by atoms with van der Waals surface area (Å²) in [6.45, 7) is 4.23. The van der Waals surface area contributed by atoms with Crippen molar-refractivity contribution < 1.29 is 4.42 Å². The molecule has 2 heterocycles. The van der Waals surface area contributed by atoms with Crippen LogP contribution in [-0.4, -0.2) is 9.97 Å². The van der Waals surface area contributed by atoms with Gasteiger partial charge in [0.15, 0.2) is 11.4 Å². The van der Waals surface area contributed by atoms with E-state index < -0.39 is 0 Å². The van der Waals surface area contributed by atoms with Gasteiger partial charge in [-0.15, -0.1) is 0 Å². The van der Waals surface area contributed by atoms with E-state index >= 15 is 0 Å². The van der Waals surface area contributed by atoms with E-state index in [0.29, 0.717) is 28.7 Å². The summed E-state index contributed by atoms with van der Waals surface area (Å²) in [5, 5.41) is 0. The summed E-state index contributed by atoms with van der Waals surface area (Å²) in [6.07, 6.45) is 2.44. The Labute approximate surface area is 82.1 Å². The Hall–Kier alpha value is -1.58. The van der Waals surface area contributed by atoms with Gasteiger partial charge in [0.05, 0.1) is 5.69 Å². The smallest absolute Gasteiger partial charge is 0.249 e. The third-order valence-electron chi connectivity index (χ3n) is 1.96. The molecule has 0 aromatic carbocycles. The molecule has 4 nitrogen and oxygen atoms in total. The zero-order chi connectivity index (χ0) is 10.1. The van der Waals surface area contributed by atoms with E-state index in [0.717, 1.165) is 6.42 Å². The van der Waals surface area contributed by atoms with Crippen molar-refractivity contribution in [2.75, 3.05) is 5.73 Å². The third-order valence-corrected chi connectivity index (χ3v) is 1.96. The fraction of sp³-hybridized carbons (Fsp3) is 0.400. The predicted molar refractivity (Wildman–Crippen MR) is 54.8 cm³/mol. The molecule has 0 aliphatic carbocycles. The lowest BCUT2D eigenvalue weighted by Crippen LogP contribution is -1.93. The molecule has 0 atom stereocenters. The number of nitrogen functional groups attached to an aromatic ring is 1. The minimum Gasteiger partial charge on any atom is -0.422 e. The van der Waals surface area contributed by atoms with Gasteiger partial charge in [0.25, 0.3) is 0 Å². The molecule has 0 radical (unpaired) electrons. The maximum absolute atomic E-state index is 5.74. The number of nitrogens with two attached hydrogens (primary N) is 1. The third kappa shape index (κ3) is 1.55. The Balaban J connectivity index is 2.46. The summed E-state index contributed by atoms with van der Waals surface area (Å²) >= 11 is 0. The molecule has 0 bridgehead atoms. The van der Waals surface area contributed by atoms with E-state index in [4.69, 9.17) is 10.2 Å². The highest BCUT2D eigenvalue weighted by molar-refractivity contribution is 5.81. The number of fused-ring (bicyclic) bond motifs is 1. The Kier molecular flexibility index (Phi) is 2.11. The minimum atomic E-state index is 0.518. The molecule has 2 aromatic heterocycles. The summed E-state index contributed by atoms with van der Waals surface area (Å²) in [4.78, 5) is 8.36. The Morgan fingerprint density at radius 3 is 2.93 bits per heavy atom. The molecule has 0 saturated heterocycles. The number of oxazole rings is 1. The van der Waals surface area contributed by atoms with Crippen molar-refractivity contribution in [3.63, 3.8) is 0 Å². The van der Waals surface area contributed by atoms with Crippen LogP contribution in [0.2, 0.25) is 0 Å². The van der Waals surface area contributed by atoms with E-state index in [1.54, 1.807) is 12.3 Å². The quantitative estimate of drug-likeness (QED) is 0.788. The lowest BCUT2D eigenvalue weighted by molar-refractivity contribution is 0.477. The van der Waals surface area contributed by atoms with Gasteiger partial charge in [-0.2, -0.15) is 0 Å². The highest BCUT2D eigenvalue weighted by Gasteiger charge is 2.09. The topological polar surface area (TPSA) is 64.9 Å². The van der Waals surface area contributed by atoms with Gasteiger partial charge in [-0.3, -0.25) is 0 Å². The van der Waals surface area contributed by atoms with E-state index in [1.807, 2.05) is 0 Å². The second kappa shape index (κ2) is 3.29.